The van der Waals surface area contributed by atoms with E-state index in [0.29, 0.717) is 12.3 Å². The average molecular weight is 422 g/mol. The lowest BCUT2D eigenvalue weighted by molar-refractivity contribution is -0.131. The number of carbonyl (C=O) groups excluding carboxylic acids is 1. The van der Waals surface area contributed by atoms with Crippen molar-refractivity contribution in [2.75, 3.05) is 36.4 Å². The molecule has 0 atom stereocenters. The summed E-state index contributed by atoms with van der Waals surface area (Å²) in [5.41, 5.74) is 2.25. The van der Waals surface area contributed by atoms with Crippen LogP contribution in [0.5, 0.6) is 0 Å². The maximum atomic E-state index is 12.7. The molecule has 0 radical (unpaired) electrons. The quantitative estimate of drug-likeness (QED) is 0.723. The number of aromatic nitrogens is 2. The molecule has 6 nitrogen and oxygen atoms in total. The molecule has 1 aromatic heterocycles. The smallest absolute Gasteiger partial charge is 0.222 e. The fourth-order valence-corrected chi connectivity index (χ4v) is 4.71. The molecule has 2 aliphatic rings. The summed E-state index contributed by atoms with van der Waals surface area (Å²) in [6.07, 6.45) is 8.46. The van der Waals surface area contributed by atoms with Crippen molar-refractivity contribution in [2.45, 2.75) is 58.8 Å². The number of anilines is 3. The van der Waals surface area contributed by atoms with Gasteiger partial charge in [0.05, 0.1) is 0 Å². The van der Waals surface area contributed by atoms with Gasteiger partial charge in [-0.05, 0) is 38.3 Å². The second-order valence-electron chi connectivity index (χ2n) is 9.06. The lowest BCUT2D eigenvalue weighted by atomic mass is 9.86. The molecule has 166 valence electrons. The maximum Gasteiger partial charge on any atom is 0.222 e. The number of amides is 1. The van der Waals surface area contributed by atoms with Gasteiger partial charge in [0.1, 0.15) is 17.5 Å². The number of aryl methyl sites for hydroxylation is 2. The van der Waals surface area contributed by atoms with Gasteiger partial charge < -0.3 is 15.1 Å². The second kappa shape index (κ2) is 10.1. The van der Waals surface area contributed by atoms with Crippen molar-refractivity contribution >= 4 is 23.2 Å². The van der Waals surface area contributed by atoms with E-state index in [1.807, 2.05) is 17.9 Å². The number of piperazine rings is 1. The first-order chi connectivity index (χ1) is 15.1. The van der Waals surface area contributed by atoms with Crippen LogP contribution in [0.1, 0.15) is 56.3 Å². The zero-order valence-electron chi connectivity index (χ0n) is 18.9. The number of benzene rings is 1. The molecule has 0 spiro atoms. The van der Waals surface area contributed by atoms with Crippen LogP contribution in [0.3, 0.4) is 0 Å². The minimum absolute atomic E-state index is 0.325. The number of hydrogen-bond donors (Lipinski definition) is 1. The summed E-state index contributed by atoms with van der Waals surface area (Å²) in [6.45, 7) is 7.18. The molecule has 0 bridgehead atoms. The highest BCUT2D eigenvalue weighted by Gasteiger charge is 2.23. The summed E-state index contributed by atoms with van der Waals surface area (Å²) >= 11 is 0. The van der Waals surface area contributed by atoms with Crippen molar-refractivity contribution in [1.82, 2.24) is 14.9 Å². The summed E-state index contributed by atoms with van der Waals surface area (Å²) in [6, 6.07) is 10.3. The molecule has 0 unspecified atom stereocenters. The van der Waals surface area contributed by atoms with Crippen molar-refractivity contribution in [3.63, 3.8) is 0 Å². The molecule has 6 heteroatoms. The molecular formula is C25H35N5O. The first-order valence-electron chi connectivity index (χ1n) is 11.8. The lowest BCUT2D eigenvalue weighted by Gasteiger charge is -2.36. The minimum atomic E-state index is 0.325. The molecule has 1 amide bonds. The fourth-order valence-electron chi connectivity index (χ4n) is 4.71. The van der Waals surface area contributed by atoms with Gasteiger partial charge in [-0.3, -0.25) is 4.79 Å². The van der Waals surface area contributed by atoms with E-state index in [0.717, 1.165) is 61.7 Å². The summed E-state index contributed by atoms with van der Waals surface area (Å²) in [5, 5.41) is 3.38. The van der Waals surface area contributed by atoms with Crippen molar-refractivity contribution in [3.8, 4) is 0 Å². The topological polar surface area (TPSA) is 61.4 Å². The molecule has 2 heterocycles. The molecule has 1 N–H and O–H groups in total. The third-order valence-electron chi connectivity index (χ3n) is 6.60. The van der Waals surface area contributed by atoms with Crippen molar-refractivity contribution < 1.29 is 4.79 Å². The SMILES string of the molecule is Cc1ccc(Nc2cc(N3CCN(C(=O)CCC4CCCCC4)CC3)nc(C)n2)cc1. The number of hydrogen-bond acceptors (Lipinski definition) is 5. The third-order valence-corrected chi connectivity index (χ3v) is 6.60. The van der Waals surface area contributed by atoms with Crippen LogP contribution < -0.4 is 10.2 Å². The van der Waals surface area contributed by atoms with Crippen LogP contribution in [-0.4, -0.2) is 47.0 Å². The number of carbonyl (C=O) groups is 1. The van der Waals surface area contributed by atoms with Crippen LogP contribution in [0.15, 0.2) is 30.3 Å². The average Bonchev–Trinajstić information content (AvgIpc) is 2.79. The lowest BCUT2D eigenvalue weighted by Crippen LogP contribution is -2.49. The van der Waals surface area contributed by atoms with Crippen LogP contribution >= 0.6 is 0 Å². The maximum absolute atomic E-state index is 12.7. The second-order valence-corrected chi connectivity index (χ2v) is 9.06. The van der Waals surface area contributed by atoms with Gasteiger partial charge in [0.2, 0.25) is 5.91 Å². The van der Waals surface area contributed by atoms with E-state index in [2.05, 4.69) is 51.4 Å². The van der Waals surface area contributed by atoms with E-state index in [-0.39, 0.29) is 0 Å². The highest BCUT2D eigenvalue weighted by Crippen LogP contribution is 2.28. The Labute approximate surface area is 186 Å². The van der Waals surface area contributed by atoms with Gasteiger partial charge >= 0.3 is 0 Å². The highest BCUT2D eigenvalue weighted by molar-refractivity contribution is 5.76. The molecular weight excluding hydrogens is 386 g/mol. The Balaban J connectivity index is 1.31. The van der Waals surface area contributed by atoms with Gasteiger partial charge in [-0.1, -0.05) is 49.8 Å². The van der Waals surface area contributed by atoms with Gasteiger partial charge in [-0.25, -0.2) is 9.97 Å². The summed E-state index contributed by atoms with van der Waals surface area (Å²) in [4.78, 5) is 26.2. The number of rotatable bonds is 6. The molecule has 1 aliphatic carbocycles. The molecule has 31 heavy (non-hydrogen) atoms. The Hall–Kier alpha value is -2.63. The number of nitrogens with zero attached hydrogens (tertiary/aromatic N) is 4. The van der Waals surface area contributed by atoms with Crippen molar-refractivity contribution in [2.24, 2.45) is 5.92 Å². The largest absolute Gasteiger partial charge is 0.353 e. The van der Waals surface area contributed by atoms with Crippen LogP contribution in [0, 0.1) is 19.8 Å². The molecule has 1 saturated carbocycles. The Morgan fingerprint density at radius 2 is 1.71 bits per heavy atom. The fraction of sp³-hybridized carbons (Fsp3) is 0.560. The molecule has 1 aliphatic heterocycles. The van der Waals surface area contributed by atoms with Crippen LogP contribution in [0.2, 0.25) is 0 Å². The van der Waals surface area contributed by atoms with E-state index >= 15 is 0 Å². The minimum Gasteiger partial charge on any atom is -0.353 e. The third kappa shape index (κ3) is 5.96. The van der Waals surface area contributed by atoms with Gasteiger partial charge in [0.25, 0.3) is 0 Å². The Kier molecular flexibility index (Phi) is 7.05. The number of nitrogens with one attached hydrogen (secondary N) is 1. The monoisotopic (exact) mass is 421 g/mol. The molecule has 2 fully saturated rings. The Bertz CT molecular complexity index is 868. The summed E-state index contributed by atoms with van der Waals surface area (Å²) in [5.74, 6) is 3.57. The predicted molar refractivity (Wildman–Crippen MR) is 126 cm³/mol. The standard InChI is InChI=1S/C25H35N5O/c1-19-8-11-22(12-9-19)28-23-18-24(27-20(2)26-23)29-14-16-30(17-15-29)25(31)13-10-21-6-4-3-5-7-21/h8-9,11-12,18,21H,3-7,10,13-17H2,1-2H3,(H,26,27,28). The molecule has 1 aromatic carbocycles. The van der Waals surface area contributed by atoms with Gasteiger partial charge in [0, 0.05) is 44.4 Å². The molecule has 2 aromatic rings. The Morgan fingerprint density at radius 3 is 2.42 bits per heavy atom. The van der Waals surface area contributed by atoms with E-state index < -0.39 is 0 Å². The normalized spacial score (nSPS) is 17.6. The first-order valence-corrected chi connectivity index (χ1v) is 11.8. The predicted octanol–water partition coefficient (Wildman–Crippen LogP) is 4.85. The van der Waals surface area contributed by atoms with E-state index in [1.165, 1.54) is 37.7 Å². The zero-order chi connectivity index (χ0) is 21.6. The van der Waals surface area contributed by atoms with Crippen LogP contribution in [0.25, 0.3) is 0 Å². The first kappa shape index (κ1) is 21.6. The van der Waals surface area contributed by atoms with E-state index in [4.69, 9.17) is 0 Å². The van der Waals surface area contributed by atoms with E-state index in [1.54, 1.807) is 0 Å². The Morgan fingerprint density at radius 1 is 1.00 bits per heavy atom. The molecule has 1 saturated heterocycles. The van der Waals surface area contributed by atoms with Gasteiger partial charge in [-0.15, -0.1) is 0 Å². The van der Waals surface area contributed by atoms with Crippen molar-refractivity contribution in [1.29, 1.82) is 0 Å². The van der Waals surface area contributed by atoms with Crippen LogP contribution in [-0.2, 0) is 4.79 Å². The van der Waals surface area contributed by atoms with Gasteiger partial charge in [0.15, 0.2) is 0 Å². The highest BCUT2D eigenvalue weighted by atomic mass is 16.2. The zero-order valence-corrected chi connectivity index (χ0v) is 18.9. The molecule has 4 rings (SSSR count). The van der Waals surface area contributed by atoms with E-state index in [9.17, 15) is 4.79 Å². The summed E-state index contributed by atoms with van der Waals surface area (Å²) in [7, 11) is 0. The van der Waals surface area contributed by atoms with Gasteiger partial charge in [-0.2, -0.15) is 0 Å². The van der Waals surface area contributed by atoms with Crippen molar-refractivity contribution in [3.05, 3.63) is 41.7 Å². The summed E-state index contributed by atoms with van der Waals surface area (Å²) < 4.78 is 0. The van der Waals surface area contributed by atoms with Crippen LogP contribution in [0.4, 0.5) is 17.3 Å².